The topological polar surface area (TPSA) is 48.1 Å². The molecule has 0 fully saturated rings. The third-order valence-corrected chi connectivity index (χ3v) is 5.08. The van der Waals surface area contributed by atoms with E-state index in [-0.39, 0.29) is 5.82 Å². The lowest BCUT2D eigenvalue weighted by molar-refractivity contribution is 0.402. The molecule has 3 aromatic rings. The number of ether oxygens (including phenoxy) is 2. The molecule has 5 nitrogen and oxygen atoms in total. The summed E-state index contributed by atoms with van der Waals surface area (Å²) in [5.41, 5.74) is 3.20. The predicted octanol–water partition coefficient (Wildman–Crippen LogP) is 4.73. The highest BCUT2D eigenvalue weighted by Crippen LogP contribution is 2.26. The molecule has 7 heteroatoms. The van der Waals surface area contributed by atoms with Crippen molar-refractivity contribution in [2.24, 2.45) is 10.1 Å². The van der Waals surface area contributed by atoms with Gasteiger partial charge in [0.15, 0.2) is 0 Å². The van der Waals surface area contributed by atoms with Crippen molar-refractivity contribution in [1.82, 2.24) is 4.68 Å². The van der Waals surface area contributed by atoms with Crippen LogP contribution in [0.2, 0.25) is 0 Å². The highest BCUT2D eigenvalue weighted by Gasteiger charge is 2.12. The molecule has 1 heterocycles. The SMILES string of the molecule is C=CCN=c1scc(-c2ccc(F)cc2)n1N=C(C)c1cc(OC)ccc1OC. The van der Waals surface area contributed by atoms with Gasteiger partial charge < -0.3 is 9.47 Å². The number of halogens is 1. The first kappa shape index (κ1) is 20.5. The summed E-state index contributed by atoms with van der Waals surface area (Å²) in [6, 6.07) is 11.9. The second-order valence-electron chi connectivity index (χ2n) is 6.10. The summed E-state index contributed by atoms with van der Waals surface area (Å²) >= 11 is 1.46. The fourth-order valence-corrected chi connectivity index (χ4v) is 3.61. The number of hydrogen-bond acceptors (Lipinski definition) is 5. The van der Waals surface area contributed by atoms with Crippen LogP contribution in [0.15, 0.2) is 70.6 Å². The fraction of sp³-hybridized carbons (Fsp3) is 0.182. The van der Waals surface area contributed by atoms with Gasteiger partial charge in [0, 0.05) is 16.5 Å². The second-order valence-corrected chi connectivity index (χ2v) is 6.94. The van der Waals surface area contributed by atoms with E-state index >= 15 is 0 Å². The smallest absolute Gasteiger partial charge is 0.206 e. The van der Waals surface area contributed by atoms with E-state index in [2.05, 4.69) is 11.6 Å². The lowest BCUT2D eigenvalue weighted by Crippen LogP contribution is -2.15. The minimum Gasteiger partial charge on any atom is -0.497 e. The lowest BCUT2D eigenvalue weighted by Gasteiger charge is -2.11. The average molecular weight is 412 g/mol. The van der Waals surface area contributed by atoms with Crippen LogP contribution < -0.4 is 14.3 Å². The Labute approximate surface area is 173 Å². The first-order chi connectivity index (χ1) is 14.1. The molecule has 0 saturated carbocycles. The molecule has 0 aliphatic heterocycles. The number of rotatable bonds is 7. The molecule has 3 rings (SSSR count). The molecule has 0 radical (unpaired) electrons. The third kappa shape index (κ3) is 4.63. The first-order valence-corrected chi connectivity index (χ1v) is 9.81. The van der Waals surface area contributed by atoms with Gasteiger partial charge in [0.05, 0.1) is 32.2 Å². The van der Waals surface area contributed by atoms with Crippen molar-refractivity contribution in [2.45, 2.75) is 6.92 Å². The summed E-state index contributed by atoms with van der Waals surface area (Å²) in [5.74, 6) is 1.12. The fourth-order valence-electron chi connectivity index (χ4n) is 2.77. The molecule has 0 saturated heterocycles. The van der Waals surface area contributed by atoms with Crippen molar-refractivity contribution in [3.05, 3.63) is 76.7 Å². The molecule has 1 aromatic heterocycles. The van der Waals surface area contributed by atoms with Crippen molar-refractivity contribution in [1.29, 1.82) is 0 Å². The third-order valence-electron chi connectivity index (χ3n) is 4.23. The van der Waals surface area contributed by atoms with E-state index in [0.29, 0.717) is 22.8 Å². The van der Waals surface area contributed by atoms with Crippen molar-refractivity contribution in [3.63, 3.8) is 0 Å². The van der Waals surface area contributed by atoms with Crippen molar-refractivity contribution < 1.29 is 13.9 Å². The maximum Gasteiger partial charge on any atom is 0.206 e. The Morgan fingerprint density at radius 1 is 1.17 bits per heavy atom. The maximum absolute atomic E-state index is 13.4. The van der Waals surface area contributed by atoms with Crippen LogP contribution in [0.1, 0.15) is 12.5 Å². The van der Waals surface area contributed by atoms with E-state index in [4.69, 9.17) is 14.6 Å². The maximum atomic E-state index is 13.4. The molecule has 0 aliphatic carbocycles. The van der Waals surface area contributed by atoms with Crippen LogP contribution in [-0.4, -0.2) is 31.2 Å². The number of hydrogen-bond donors (Lipinski definition) is 0. The van der Waals surface area contributed by atoms with Crippen molar-refractivity contribution >= 4 is 17.0 Å². The zero-order chi connectivity index (χ0) is 20.8. The van der Waals surface area contributed by atoms with Gasteiger partial charge in [-0.15, -0.1) is 17.9 Å². The van der Waals surface area contributed by atoms with Crippen LogP contribution in [0.5, 0.6) is 11.5 Å². The van der Waals surface area contributed by atoms with Crippen LogP contribution in [0.3, 0.4) is 0 Å². The molecule has 150 valence electrons. The quantitative estimate of drug-likeness (QED) is 0.417. The van der Waals surface area contributed by atoms with E-state index in [9.17, 15) is 4.39 Å². The molecule has 0 bridgehead atoms. The molecule has 0 N–H and O–H groups in total. The van der Waals surface area contributed by atoms with Gasteiger partial charge in [-0.2, -0.15) is 5.10 Å². The van der Waals surface area contributed by atoms with E-state index in [1.54, 1.807) is 37.1 Å². The lowest BCUT2D eigenvalue weighted by atomic mass is 10.1. The van der Waals surface area contributed by atoms with Gasteiger partial charge in [-0.05, 0) is 49.4 Å². The molecule has 2 aromatic carbocycles. The van der Waals surface area contributed by atoms with E-state index < -0.39 is 0 Å². The number of nitrogens with zero attached hydrogens (tertiary/aromatic N) is 3. The summed E-state index contributed by atoms with van der Waals surface area (Å²) in [5, 5.41) is 6.76. The minimum atomic E-state index is -0.284. The van der Waals surface area contributed by atoms with Crippen LogP contribution in [0.25, 0.3) is 11.3 Å². The van der Waals surface area contributed by atoms with Crippen LogP contribution in [0.4, 0.5) is 4.39 Å². The molecule has 0 spiro atoms. The summed E-state index contributed by atoms with van der Waals surface area (Å²) in [4.78, 5) is 5.25. The molecular weight excluding hydrogens is 389 g/mol. The van der Waals surface area contributed by atoms with Gasteiger partial charge >= 0.3 is 0 Å². The van der Waals surface area contributed by atoms with E-state index in [0.717, 1.165) is 22.5 Å². The first-order valence-electron chi connectivity index (χ1n) is 8.93. The summed E-state index contributed by atoms with van der Waals surface area (Å²) in [6.07, 6.45) is 1.73. The van der Waals surface area contributed by atoms with Crippen LogP contribution in [0, 0.1) is 5.82 Å². The second kappa shape index (κ2) is 9.34. The minimum absolute atomic E-state index is 0.284. The Morgan fingerprint density at radius 2 is 1.93 bits per heavy atom. The van der Waals surface area contributed by atoms with Gasteiger partial charge in [0.2, 0.25) is 4.80 Å². The normalized spacial score (nSPS) is 12.1. The van der Waals surface area contributed by atoms with Gasteiger partial charge in [-0.3, -0.25) is 4.99 Å². The Kier molecular flexibility index (Phi) is 6.61. The highest BCUT2D eigenvalue weighted by molar-refractivity contribution is 7.07. The Balaban J connectivity index is 2.17. The highest BCUT2D eigenvalue weighted by atomic mass is 32.1. The van der Waals surface area contributed by atoms with Crippen molar-refractivity contribution in [2.75, 3.05) is 20.8 Å². The molecule has 29 heavy (non-hydrogen) atoms. The standard InChI is InChI=1S/C22H22FN3O2S/c1-5-12-24-22-26(20(14-29-22)16-6-8-17(23)9-7-16)25-15(2)19-13-18(27-3)10-11-21(19)28-4/h5-11,13-14H,1,12H2,2-4H3. The molecule has 0 unspecified atom stereocenters. The van der Waals surface area contributed by atoms with Crippen molar-refractivity contribution in [3.8, 4) is 22.8 Å². The average Bonchev–Trinajstić information content (AvgIpc) is 3.14. The summed E-state index contributed by atoms with van der Waals surface area (Å²) in [7, 11) is 3.23. The predicted molar refractivity (Wildman–Crippen MR) is 115 cm³/mol. The van der Waals surface area contributed by atoms with Gasteiger partial charge in [0.25, 0.3) is 0 Å². The largest absolute Gasteiger partial charge is 0.497 e. The van der Waals surface area contributed by atoms with E-state index in [1.165, 1.54) is 23.5 Å². The Hall–Kier alpha value is -3.19. The zero-order valence-corrected chi connectivity index (χ0v) is 17.4. The molecule has 0 atom stereocenters. The zero-order valence-electron chi connectivity index (χ0n) is 16.6. The summed E-state index contributed by atoms with van der Waals surface area (Å²) < 4.78 is 26.0. The van der Waals surface area contributed by atoms with Gasteiger partial charge in [0.1, 0.15) is 17.3 Å². The monoisotopic (exact) mass is 411 g/mol. The Bertz CT molecular complexity index is 1100. The van der Waals surface area contributed by atoms with Crippen LogP contribution in [-0.2, 0) is 0 Å². The molecule has 0 amide bonds. The number of methoxy groups -OCH3 is 2. The summed E-state index contributed by atoms with van der Waals surface area (Å²) in [6.45, 7) is 6.09. The van der Waals surface area contributed by atoms with Gasteiger partial charge in [-0.1, -0.05) is 6.08 Å². The van der Waals surface area contributed by atoms with E-state index in [1.807, 2.05) is 30.5 Å². The number of thiazole rings is 1. The van der Waals surface area contributed by atoms with Crippen LogP contribution >= 0.6 is 11.3 Å². The van der Waals surface area contributed by atoms with Gasteiger partial charge in [-0.25, -0.2) is 9.07 Å². The number of aromatic nitrogens is 1. The number of benzene rings is 2. The Morgan fingerprint density at radius 3 is 2.59 bits per heavy atom. The molecule has 0 aliphatic rings. The molecular formula is C22H22FN3O2S.